The van der Waals surface area contributed by atoms with Gasteiger partial charge in [0.2, 0.25) is 5.91 Å². The first-order chi connectivity index (χ1) is 14.0. The van der Waals surface area contributed by atoms with Crippen LogP contribution in [0, 0.1) is 6.92 Å². The van der Waals surface area contributed by atoms with E-state index in [4.69, 9.17) is 4.98 Å². The summed E-state index contributed by atoms with van der Waals surface area (Å²) in [6, 6.07) is 20.6. The summed E-state index contributed by atoms with van der Waals surface area (Å²) in [5.74, 6) is -0.144. The highest BCUT2D eigenvalue weighted by molar-refractivity contribution is 6.02. The Hall–Kier alpha value is -3.66. The highest BCUT2D eigenvalue weighted by Crippen LogP contribution is 2.27. The molecule has 4 heteroatoms. The highest BCUT2D eigenvalue weighted by atomic mass is 16.1. The van der Waals surface area contributed by atoms with Crippen LogP contribution in [0.1, 0.15) is 19.4 Å². The fraction of sp³-hybridized carbons (Fsp3) is 0.120. The molecule has 0 aliphatic heterocycles. The zero-order valence-corrected chi connectivity index (χ0v) is 16.8. The van der Waals surface area contributed by atoms with Gasteiger partial charge in [-0.2, -0.15) is 0 Å². The van der Waals surface area contributed by atoms with E-state index < -0.39 is 0 Å². The van der Waals surface area contributed by atoms with Crippen LogP contribution in [0.5, 0.6) is 0 Å². The first-order valence-electron chi connectivity index (χ1n) is 9.61. The van der Waals surface area contributed by atoms with Crippen molar-refractivity contribution in [2.24, 2.45) is 0 Å². The molecule has 0 spiro atoms. The van der Waals surface area contributed by atoms with Crippen molar-refractivity contribution >= 4 is 17.2 Å². The Balaban J connectivity index is 1.69. The second kappa shape index (κ2) is 7.76. The number of pyridine rings is 1. The minimum atomic E-state index is -0.144. The summed E-state index contributed by atoms with van der Waals surface area (Å²) >= 11 is 0. The fourth-order valence-corrected chi connectivity index (χ4v) is 3.37. The average Bonchev–Trinajstić information content (AvgIpc) is 3.12. The molecule has 0 radical (unpaired) electrons. The summed E-state index contributed by atoms with van der Waals surface area (Å²) in [5, 5.41) is 2.95. The molecule has 4 rings (SSSR count). The van der Waals surface area contributed by atoms with Gasteiger partial charge in [0, 0.05) is 24.0 Å². The Morgan fingerprint density at radius 3 is 2.28 bits per heavy atom. The maximum absolute atomic E-state index is 12.2. The molecule has 0 bridgehead atoms. The normalized spacial score (nSPS) is 10.7. The lowest BCUT2D eigenvalue weighted by atomic mass is 10.0. The van der Waals surface area contributed by atoms with Gasteiger partial charge in [-0.05, 0) is 43.5 Å². The number of fused-ring (bicyclic) bond motifs is 1. The quantitative estimate of drug-likeness (QED) is 0.449. The Kier molecular flexibility index (Phi) is 5.00. The van der Waals surface area contributed by atoms with E-state index in [1.165, 1.54) is 11.1 Å². The molecule has 0 saturated carbocycles. The summed E-state index contributed by atoms with van der Waals surface area (Å²) in [6.07, 6.45) is 5.60. The third kappa shape index (κ3) is 4.11. The Bertz CT molecular complexity index is 1200. The van der Waals surface area contributed by atoms with E-state index in [-0.39, 0.29) is 5.91 Å². The largest absolute Gasteiger partial charge is 0.319 e. The average molecular weight is 381 g/mol. The van der Waals surface area contributed by atoms with Crippen LogP contribution in [-0.4, -0.2) is 15.3 Å². The van der Waals surface area contributed by atoms with E-state index in [1.54, 1.807) is 6.08 Å². The van der Waals surface area contributed by atoms with Crippen molar-refractivity contribution in [3.05, 3.63) is 90.3 Å². The zero-order chi connectivity index (χ0) is 20.4. The summed E-state index contributed by atoms with van der Waals surface area (Å²) < 4.78 is 1.97. The Labute approximate surface area is 170 Å². The highest BCUT2D eigenvalue weighted by Gasteiger charge is 2.11. The number of anilines is 1. The smallest absolute Gasteiger partial charge is 0.248 e. The van der Waals surface area contributed by atoms with Crippen LogP contribution in [0.15, 0.2) is 84.7 Å². The van der Waals surface area contributed by atoms with E-state index >= 15 is 0 Å². The van der Waals surface area contributed by atoms with Gasteiger partial charge in [0.1, 0.15) is 0 Å². The maximum atomic E-state index is 12.2. The predicted octanol–water partition coefficient (Wildman–Crippen LogP) is 5.88. The van der Waals surface area contributed by atoms with E-state index in [9.17, 15) is 4.79 Å². The molecule has 0 unspecified atom stereocenters. The summed E-state index contributed by atoms with van der Waals surface area (Å²) in [5.41, 5.74) is 7.70. The second-order valence-corrected chi connectivity index (χ2v) is 7.44. The van der Waals surface area contributed by atoms with Crippen LogP contribution in [0.3, 0.4) is 0 Å². The van der Waals surface area contributed by atoms with Crippen molar-refractivity contribution in [1.29, 1.82) is 0 Å². The van der Waals surface area contributed by atoms with Gasteiger partial charge in [-0.1, -0.05) is 60.2 Å². The van der Waals surface area contributed by atoms with Crippen LogP contribution in [0.4, 0.5) is 5.69 Å². The van der Waals surface area contributed by atoms with Crippen molar-refractivity contribution in [2.45, 2.75) is 20.8 Å². The number of rotatable bonds is 4. The van der Waals surface area contributed by atoms with E-state index in [0.29, 0.717) is 5.69 Å². The summed E-state index contributed by atoms with van der Waals surface area (Å²) in [4.78, 5) is 17.0. The molecule has 144 valence electrons. The van der Waals surface area contributed by atoms with Gasteiger partial charge in [0.05, 0.1) is 11.4 Å². The number of imidazole rings is 1. The molecule has 29 heavy (non-hydrogen) atoms. The van der Waals surface area contributed by atoms with E-state index in [0.717, 1.165) is 28.0 Å². The number of aromatic nitrogens is 2. The third-order valence-electron chi connectivity index (χ3n) is 4.65. The number of nitrogens with zero attached hydrogens (tertiary/aromatic N) is 2. The van der Waals surface area contributed by atoms with Crippen LogP contribution in [0.25, 0.3) is 28.0 Å². The number of carbonyl (C=O) groups is 1. The molecule has 1 N–H and O–H groups in total. The minimum absolute atomic E-state index is 0.144. The lowest BCUT2D eigenvalue weighted by Crippen LogP contribution is -2.10. The number of aryl methyl sites for hydroxylation is 1. The van der Waals surface area contributed by atoms with E-state index in [1.807, 2.05) is 61.8 Å². The van der Waals surface area contributed by atoms with Gasteiger partial charge in [0.25, 0.3) is 0 Å². The molecule has 4 nitrogen and oxygen atoms in total. The number of hydrogen-bond acceptors (Lipinski definition) is 2. The van der Waals surface area contributed by atoms with Crippen molar-refractivity contribution in [3.8, 4) is 22.4 Å². The molecule has 0 atom stereocenters. The van der Waals surface area contributed by atoms with Crippen LogP contribution < -0.4 is 5.32 Å². The molecule has 0 aliphatic rings. The van der Waals surface area contributed by atoms with Crippen LogP contribution in [-0.2, 0) is 4.79 Å². The number of carbonyl (C=O) groups excluding carboxylic acids is 1. The van der Waals surface area contributed by atoms with Gasteiger partial charge in [-0.3, -0.25) is 4.79 Å². The number of benzene rings is 2. The van der Waals surface area contributed by atoms with Crippen molar-refractivity contribution in [2.75, 3.05) is 5.32 Å². The number of hydrogen-bond donors (Lipinski definition) is 1. The molecule has 2 aromatic heterocycles. The second-order valence-electron chi connectivity index (χ2n) is 7.44. The Morgan fingerprint density at radius 1 is 0.931 bits per heavy atom. The predicted molar refractivity (Wildman–Crippen MR) is 119 cm³/mol. The lowest BCUT2D eigenvalue weighted by molar-refractivity contribution is -0.111. The number of amides is 1. The molecule has 2 heterocycles. The van der Waals surface area contributed by atoms with Crippen LogP contribution in [0.2, 0.25) is 0 Å². The monoisotopic (exact) mass is 381 g/mol. The maximum Gasteiger partial charge on any atom is 0.248 e. The van der Waals surface area contributed by atoms with E-state index in [2.05, 4.69) is 41.7 Å². The minimum Gasteiger partial charge on any atom is -0.319 e. The Morgan fingerprint density at radius 2 is 1.59 bits per heavy atom. The van der Waals surface area contributed by atoms with Crippen LogP contribution >= 0.6 is 0 Å². The van der Waals surface area contributed by atoms with Gasteiger partial charge in [-0.15, -0.1) is 0 Å². The van der Waals surface area contributed by atoms with Crippen molar-refractivity contribution in [3.63, 3.8) is 0 Å². The molecule has 1 amide bonds. The summed E-state index contributed by atoms with van der Waals surface area (Å²) in [7, 11) is 0. The molecule has 0 fully saturated rings. The van der Waals surface area contributed by atoms with Gasteiger partial charge >= 0.3 is 0 Å². The number of allylic oxidation sites excluding steroid dienone is 1. The van der Waals surface area contributed by atoms with Gasteiger partial charge in [-0.25, -0.2) is 4.98 Å². The SMILES string of the molecule is CC(C)=CC(=O)Nc1cc(C)cn2cc(-c3ccc(-c4ccccc4)cc3)nc12. The number of nitrogens with one attached hydrogen (secondary N) is 1. The molecular weight excluding hydrogens is 358 g/mol. The van der Waals surface area contributed by atoms with Crippen molar-refractivity contribution < 1.29 is 4.79 Å². The molecule has 4 aromatic rings. The first kappa shape index (κ1) is 18.7. The van der Waals surface area contributed by atoms with Crippen molar-refractivity contribution in [1.82, 2.24) is 9.38 Å². The topological polar surface area (TPSA) is 46.4 Å². The standard InChI is InChI=1S/C25H23N3O/c1-17(2)13-24(29)26-22-14-18(3)15-28-16-23(27-25(22)28)21-11-9-20(10-12-21)19-7-5-4-6-8-19/h4-16H,1-3H3,(H,26,29). The first-order valence-corrected chi connectivity index (χ1v) is 9.61. The molecular formula is C25H23N3O. The van der Waals surface area contributed by atoms with Gasteiger partial charge in [0.15, 0.2) is 5.65 Å². The third-order valence-corrected chi connectivity index (χ3v) is 4.65. The lowest BCUT2D eigenvalue weighted by Gasteiger charge is -2.06. The molecule has 0 aliphatic carbocycles. The summed E-state index contributed by atoms with van der Waals surface area (Å²) in [6.45, 7) is 5.81. The zero-order valence-electron chi connectivity index (χ0n) is 16.8. The molecule has 0 saturated heterocycles. The fourth-order valence-electron chi connectivity index (χ4n) is 3.37. The molecule has 2 aromatic carbocycles. The van der Waals surface area contributed by atoms with Gasteiger partial charge < -0.3 is 9.72 Å².